The number of ether oxygens (including phenoxy) is 2. The third-order valence-corrected chi connectivity index (χ3v) is 5.64. The van der Waals surface area contributed by atoms with Gasteiger partial charge in [0.25, 0.3) is 0 Å². The molecular formula is C21H18Cl3N5O2. The summed E-state index contributed by atoms with van der Waals surface area (Å²) in [6.07, 6.45) is 0. The van der Waals surface area contributed by atoms with E-state index in [9.17, 15) is 0 Å². The summed E-state index contributed by atoms with van der Waals surface area (Å²) in [4.78, 5) is 9.50. The van der Waals surface area contributed by atoms with Crippen molar-refractivity contribution in [2.75, 3.05) is 19.5 Å². The second kappa shape index (κ2) is 8.42. The summed E-state index contributed by atoms with van der Waals surface area (Å²) in [6, 6.07) is 8.69. The van der Waals surface area contributed by atoms with Crippen LogP contribution in [0, 0.1) is 13.8 Å². The first kappa shape index (κ1) is 21.5. The zero-order valence-electron chi connectivity index (χ0n) is 17.1. The van der Waals surface area contributed by atoms with Gasteiger partial charge in [-0.25, -0.2) is 14.6 Å². The fourth-order valence-electron chi connectivity index (χ4n) is 3.20. The Morgan fingerprint density at radius 3 is 2.03 bits per heavy atom. The molecule has 4 rings (SSSR count). The quantitative estimate of drug-likeness (QED) is 0.371. The number of fused-ring (bicyclic) bond motifs is 1. The monoisotopic (exact) mass is 477 g/mol. The molecule has 2 heterocycles. The van der Waals surface area contributed by atoms with Crippen LogP contribution in [0.1, 0.15) is 11.4 Å². The molecule has 160 valence electrons. The van der Waals surface area contributed by atoms with Crippen molar-refractivity contribution in [3.8, 4) is 17.3 Å². The van der Waals surface area contributed by atoms with Gasteiger partial charge in [0.1, 0.15) is 11.5 Å². The lowest BCUT2D eigenvalue weighted by Gasteiger charge is -2.16. The molecule has 0 fully saturated rings. The van der Waals surface area contributed by atoms with Crippen LogP contribution in [0.25, 0.3) is 16.9 Å². The SMILES string of the molecule is COc1cc(OC)c(Nc2nc3cc(Cl)c(Cl)cc3nc2-n2nc(C)cc2C)cc1Cl. The highest BCUT2D eigenvalue weighted by molar-refractivity contribution is 6.42. The number of aryl methyl sites for hydroxylation is 2. The minimum atomic E-state index is 0.387. The van der Waals surface area contributed by atoms with Crippen molar-refractivity contribution in [2.24, 2.45) is 0 Å². The number of benzene rings is 2. The lowest BCUT2D eigenvalue weighted by molar-refractivity contribution is 0.396. The summed E-state index contributed by atoms with van der Waals surface area (Å²) in [5.41, 5.74) is 3.49. The molecule has 0 aliphatic rings. The number of nitrogens with one attached hydrogen (secondary N) is 1. The maximum Gasteiger partial charge on any atom is 0.197 e. The van der Waals surface area contributed by atoms with E-state index in [-0.39, 0.29) is 0 Å². The number of rotatable bonds is 5. The number of hydrogen-bond donors (Lipinski definition) is 1. The fraction of sp³-hybridized carbons (Fsp3) is 0.190. The van der Waals surface area contributed by atoms with Gasteiger partial charge in [-0.1, -0.05) is 34.8 Å². The van der Waals surface area contributed by atoms with Crippen molar-refractivity contribution in [3.05, 3.63) is 56.8 Å². The third kappa shape index (κ3) is 4.08. The number of anilines is 2. The maximum absolute atomic E-state index is 6.34. The first-order chi connectivity index (χ1) is 14.8. The summed E-state index contributed by atoms with van der Waals surface area (Å²) in [6.45, 7) is 3.85. The number of halogens is 3. The predicted octanol–water partition coefficient (Wildman–Crippen LogP) is 6.15. The van der Waals surface area contributed by atoms with E-state index < -0.39 is 0 Å². The number of nitrogens with zero attached hydrogens (tertiary/aromatic N) is 4. The second-order valence-electron chi connectivity index (χ2n) is 6.80. The van der Waals surface area contributed by atoms with Crippen molar-refractivity contribution < 1.29 is 9.47 Å². The molecule has 0 bridgehead atoms. The van der Waals surface area contributed by atoms with Crippen LogP contribution in [0.2, 0.25) is 15.1 Å². The van der Waals surface area contributed by atoms with Gasteiger partial charge in [-0.3, -0.25) is 0 Å². The van der Waals surface area contributed by atoms with Gasteiger partial charge in [0.15, 0.2) is 11.6 Å². The highest BCUT2D eigenvalue weighted by atomic mass is 35.5. The summed E-state index contributed by atoms with van der Waals surface area (Å²) < 4.78 is 12.5. The summed E-state index contributed by atoms with van der Waals surface area (Å²) >= 11 is 18.7. The molecule has 2 aromatic heterocycles. The van der Waals surface area contributed by atoms with E-state index in [0.29, 0.717) is 54.9 Å². The van der Waals surface area contributed by atoms with E-state index in [2.05, 4.69) is 10.4 Å². The van der Waals surface area contributed by atoms with Crippen molar-refractivity contribution in [1.29, 1.82) is 0 Å². The average Bonchev–Trinajstić information content (AvgIpc) is 3.07. The van der Waals surface area contributed by atoms with Crippen LogP contribution in [-0.2, 0) is 0 Å². The van der Waals surface area contributed by atoms with Crippen LogP contribution in [0.4, 0.5) is 11.5 Å². The molecule has 1 N–H and O–H groups in total. The van der Waals surface area contributed by atoms with E-state index >= 15 is 0 Å². The lowest BCUT2D eigenvalue weighted by Crippen LogP contribution is -2.09. The first-order valence-electron chi connectivity index (χ1n) is 9.19. The molecule has 7 nitrogen and oxygen atoms in total. The Bertz CT molecular complexity index is 1310. The number of aromatic nitrogens is 4. The van der Waals surface area contributed by atoms with E-state index in [1.165, 1.54) is 0 Å². The van der Waals surface area contributed by atoms with E-state index in [0.717, 1.165) is 11.4 Å². The molecule has 4 aromatic rings. The van der Waals surface area contributed by atoms with Crippen LogP contribution in [-0.4, -0.2) is 34.0 Å². The van der Waals surface area contributed by atoms with Gasteiger partial charge in [0.2, 0.25) is 0 Å². The van der Waals surface area contributed by atoms with Crippen molar-refractivity contribution in [2.45, 2.75) is 13.8 Å². The third-order valence-electron chi connectivity index (χ3n) is 4.63. The Morgan fingerprint density at radius 1 is 0.806 bits per heavy atom. The Kier molecular flexibility index (Phi) is 5.83. The number of methoxy groups -OCH3 is 2. The standard InChI is InChI=1S/C21H18Cl3N5O2/c1-10-5-11(2)29(28-10)21-20(25-15-6-12(22)13(23)7-16(15)27-21)26-17-8-14(24)18(30-3)9-19(17)31-4/h5-9H,1-4H3,(H,25,26). The topological polar surface area (TPSA) is 74.1 Å². The largest absolute Gasteiger partial charge is 0.495 e. The van der Waals surface area contributed by atoms with Crippen LogP contribution in [0.3, 0.4) is 0 Å². The first-order valence-corrected chi connectivity index (χ1v) is 10.3. The molecule has 0 saturated heterocycles. The van der Waals surface area contributed by atoms with Crippen molar-refractivity contribution in [1.82, 2.24) is 19.7 Å². The molecule has 0 aliphatic heterocycles. The normalized spacial score (nSPS) is 11.1. The fourth-order valence-corrected chi connectivity index (χ4v) is 3.76. The second-order valence-corrected chi connectivity index (χ2v) is 8.02. The van der Waals surface area contributed by atoms with Crippen LogP contribution < -0.4 is 14.8 Å². The zero-order chi connectivity index (χ0) is 22.3. The summed E-state index contributed by atoms with van der Waals surface area (Å²) in [5, 5.41) is 9.03. The molecule has 0 aliphatic carbocycles. The van der Waals surface area contributed by atoms with Crippen LogP contribution in [0.5, 0.6) is 11.5 Å². The minimum Gasteiger partial charge on any atom is -0.495 e. The van der Waals surface area contributed by atoms with Gasteiger partial charge in [-0.15, -0.1) is 0 Å². The van der Waals surface area contributed by atoms with E-state index in [4.69, 9.17) is 54.2 Å². The van der Waals surface area contributed by atoms with Gasteiger partial charge in [-0.05, 0) is 38.1 Å². The van der Waals surface area contributed by atoms with Crippen LogP contribution >= 0.6 is 34.8 Å². The average molecular weight is 479 g/mol. The van der Waals surface area contributed by atoms with Crippen molar-refractivity contribution in [3.63, 3.8) is 0 Å². The van der Waals surface area contributed by atoms with Gasteiger partial charge >= 0.3 is 0 Å². The molecule has 0 spiro atoms. The molecule has 0 atom stereocenters. The smallest absolute Gasteiger partial charge is 0.197 e. The van der Waals surface area contributed by atoms with Gasteiger partial charge in [-0.2, -0.15) is 5.10 Å². The molecule has 0 unspecified atom stereocenters. The molecule has 0 amide bonds. The molecule has 0 saturated carbocycles. The predicted molar refractivity (Wildman–Crippen MR) is 124 cm³/mol. The molecular weight excluding hydrogens is 461 g/mol. The molecule has 0 radical (unpaired) electrons. The Morgan fingerprint density at radius 2 is 1.45 bits per heavy atom. The Balaban J connectivity index is 1.94. The summed E-state index contributed by atoms with van der Waals surface area (Å²) in [7, 11) is 3.10. The minimum absolute atomic E-state index is 0.387. The van der Waals surface area contributed by atoms with Gasteiger partial charge in [0, 0.05) is 11.8 Å². The molecule has 10 heteroatoms. The highest BCUT2D eigenvalue weighted by Gasteiger charge is 2.18. The molecule has 31 heavy (non-hydrogen) atoms. The number of hydrogen-bond acceptors (Lipinski definition) is 6. The summed E-state index contributed by atoms with van der Waals surface area (Å²) in [5.74, 6) is 1.95. The van der Waals surface area contributed by atoms with Gasteiger partial charge < -0.3 is 14.8 Å². The Hall–Kier alpha value is -2.74. The zero-order valence-corrected chi connectivity index (χ0v) is 19.4. The van der Waals surface area contributed by atoms with E-state index in [1.54, 1.807) is 43.2 Å². The van der Waals surface area contributed by atoms with Crippen LogP contribution in [0.15, 0.2) is 30.3 Å². The molecule has 2 aromatic carbocycles. The maximum atomic E-state index is 6.34. The Labute approximate surface area is 193 Å². The highest BCUT2D eigenvalue weighted by Crippen LogP contribution is 2.38. The van der Waals surface area contributed by atoms with Gasteiger partial charge in [0.05, 0.1) is 51.7 Å². The lowest BCUT2D eigenvalue weighted by atomic mass is 10.2. The van der Waals surface area contributed by atoms with E-state index in [1.807, 2.05) is 19.9 Å². The van der Waals surface area contributed by atoms with Crippen molar-refractivity contribution >= 4 is 57.3 Å².